The Hall–Kier alpha value is -1.46. The smallest absolute Gasteiger partial charge is 0.0689 e. The largest absolute Gasteiger partial charge is 0.372 e. The Morgan fingerprint density at radius 3 is 2.26 bits per heavy atom. The van der Waals surface area contributed by atoms with Crippen molar-refractivity contribution in [2.75, 3.05) is 18.0 Å². The fourth-order valence-electron chi connectivity index (χ4n) is 2.19. The lowest BCUT2D eigenvalue weighted by atomic mass is 10.1. The molecule has 0 fully saturated rings. The summed E-state index contributed by atoms with van der Waals surface area (Å²) in [4.78, 5) is 2.35. The van der Waals surface area contributed by atoms with E-state index in [1.165, 1.54) is 11.3 Å². The Bertz CT molecular complexity index is 385. The number of nitrogens with zero attached hydrogens (tertiary/aromatic N) is 1. The molecule has 1 unspecified atom stereocenters. The number of hydrogen-bond donors (Lipinski definition) is 1. The van der Waals surface area contributed by atoms with Crippen LogP contribution in [0.25, 0.3) is 0 Å². The van der Waals surface area contributed by atoms with Gasteiger partial charge in [-0.2, -0.15) is 0 Å². The second kappa shape index (κ2) is 8.61. The first-order valence-electron chi connectivity index (χ1n) is 7.28. The SMILES string of the molecule is C#CC(CCC)NCc1ccc(N(CC)CC)cc1. The van der Waals surface area contributed by atoms with Gasteiger partial charge in [0.2, 0.25) is 0 Å². The second-order valence-corrected chi connectivity index (χ2v) is 4.73. The van der Waals surface area contributed by atoms with Gasteiger partial charge < -0.3 is 4.90 Å². The molecule has 0 aliphatic rings. The topological polar surface area (TPSA) is 15.3 Å². The van der Waals surface area contributed by atoms with Gasteiger partial charge in [0, 0.05) is 25.3 Å². The molecule has 0 spiro atoms. The van der Waals surface area contributed by atoms with E-state index in [9.17, 15) is 0 Å². The molecule has 0 amide bonds. The zero-order valence-electron chi connectivity index (χ0n) is 12.4. The summed E-state index contributed by atoms with van der Waals surface area (Å²) in [6, 6.07) is 8.93. The van der Waals surface area contributed by atoms with Crippen LogP contribution in [0, 0.1) is 12.3 Å². The number of anilines is 1. The van der Waals surface area contributed by atoms with E-state index >= 15 is 0 Å². The van der Waals surface area contributed by atoms with Crippen molar-refractivity contribution in [2.45, 2.75) is 46.2 Å². The Morgan fingerprint density at radius 2 is 1.79 bits per heavy atom. The predicted molar refractivity (Wildman–Crippen MR) is 84.4 cm³/mol. The number of nitrogens with one attached hydrogen (secondary N) is 1. The van der Waals surface area contributed by atoms with Gasteiger partial charge in [0.05, 0.1) is 6.04 Å². The molecule has 1 N–H and O–H groups in total. The van der Waals surface area contributed by atoms with E-state index in [1.807, 2.05) is 0 Å². The third-order valence-corrected chi connectivity index (χ3v) is 3.40. The Labute approximate surface area is 118 Å². The van der Waals surface area contributed by atoms with E-state index in [-0.39, 0.29) is 6.04 Å². The molecule has 0 bridgehead atoms. The van der Waals surface area contributed by atoms with Crippen LogP contribution in [0.1, 0.15) is 39.2 Å². The molecule has 0 saturated heterocycles. The summed E-state index contributed by atoms with van der Waals surface area (Å²) in [5.41, 5.74) is 2.57. The maximum absolute atomic E-state index is 5.50. The highest BCUT2D eigenvalue weighted by Gasteiger charge is 2.04. The lowest BCUT2D eigenvalue weighted by Gasteiger charge is -2.21. The van der Waals surface area contributed by atoms with Crippen molar-refractivity contribution < 1.29 is 0 Å². The van der Waals surface area contributed by atoms with Crippen LogP contribution in [0.3, 0.4) is 0 Å². The maximum atomic E-state index is 5.50. The van der Waals surface area contributed by atoms with Crippen molar-refractivity contribution in [1.82, 2.24) is 5.32 Å². The number of benzene rings is 1. The summed E-state index contributed by atoms with van der Waals surface area (Å²) >= 11 is 0. The zero-order valence-corrected chi connectivity index (χ0v) is 12.4. The van der Waals surface area contributed by atoms with E-state index in [0.29, 0.717) is 0 Å². The monoisotopic (exact) mass is 258 g/mol. The molecule has 1 aromatic rings. The normalized spacial score (nSPS) is 11.9. The maximum Gasteiger partial charge on any atom is 0.0689 e. The highest BCUT2D eigenvalue weighted by atomic mass is 15.1. The van der Waals surface area contributed by atoms with Gasteiger partial charge in [-0.25, -0.2) is 0 Å². The highest BCUT2D eigenvalue weighted by Crippen LogP contribution is 2.15. The summed E-state index contributed by atoms with van der Waals surface area (Å²) in [7, 11) is 0. The minimum atomic E-state index is 0.187. The molecule has 0 aliphatic heterocycles. The van der Waals surface area contributed by atoms with Gasteiger partial charge in [0.15, 0.2) is 0 Å². The van der Waals surface area contributed by atoms with E-state index in [0.717, 1.165) is 32.5 Å². The molecular formula is C17H26N2. The standard InChI is InChI=1S/C17H26N2/c1-5-9-16(6-2)18-14-15-10-12-17(13-11-15)19(7-3)8-4/h2,10-13,16,18H,5,7-9,14H2,1,3-4H3. The Morgan fingerprint density at radius 1 is 1.16 bits per heavy atom. The van der Waals surface area contributed by atoms with Gasteiger partial charge in [-0.3, -0.25) is 5.32 Å². The Balaban J connectivity index is 2.55. The molecule has 0 saturated carbocycles. The molecule has 1 aromatic carbocycles. The fourth-order valence-corrected chi connectivity index (χ4v) is 2.19. The van der Waals surface area contributed by atoms with Crippen LogP contribution in [0.15, 0.2) is 24.3 Å². The van der Waals surface area contributed by atoms with E-state index in [4.69, 9.17) is 6.42 Å². The number of hydrogen-bond acceptors (Lipinski definition) is 2. The highest BCUT2D eigenvalue weighted by molar-refractivity contribution is 5.47. The van der Waals surface area contributed by atoms with E-state index in [1.54, 1.807) is 0 Å². The van der Waals surface area contributed by atoms with Crippen LogP contribution in [0.5, 0.6) is 0 Å². The summed E-state index contributed by atoms with van der Waals surface area (Å²) in [6.45, 7) is 9.45. The summed E-state index contributed by atoms with van der Waals surface area (Å²) in [5.74, 6) is 2.80. The van der Waals surface area contributed by atoms with Crippen molar-refractivity contribution in [3.05, 3.63) is 29.8 Å². The molecule has 1 atom stereocenters. The van der Waals surface area contributed by atoms with Gasteiger partial charge in [-0.1, -0.05) is 31.4 Å². The third-order valence-electron chi connectivity index (χ3n) is 3.40. The quantitative estimate of drug-likeness (QED) is 0.719. The van der Waals surface area contributed by atoms with Gasteiger partial charge in [0.1, 0.15) is 0 Å². The van der Waals surface area contributed by atoms with Crippen molar-refractivity contribution >= 4 is 5.69 Å². The van der Waals surface area contributed by atoms with Crippen molar-refractivity contribution in [2.24, 2.45) is 0 Å². The van der Waals surface area contributed by atoms with E-state index < -0.39 is 0 Å². The summed E-state index contributed by atoms with van der Waals surface area (Å²) in [5, 5.41) is 3.41. The average molecular weight is 258 g/mol. The van der Waals surface area contributed by atoms with Gasteiger partial charge in [-0.05, 0) is 38.0 Å². The van der Waals surface area contributed by atoms with Crippen LogP contribution < -0.4 is 10.2 Å². The van der Waals surface area contributed by atoms with Crippen LogP contribution in [-0.4, -0.2) is 19.1 Å². The van der Waals surface area contributed by atoms with Gasteiger partial charge in [0.25, 0.3) is 0 Å². The zero-order chi connectivity index (χ0) is 14.1. The second-order valence-electron chi connectivity index (χ2n) is 4.73. The Kier molecular flexibility index (Phi) is 7.07. The lowest BCUT2D eigenvalue weighted by molar-refractivity contribution is 0.563. The molecule has 1 rings (SSSR count). The van der Waals surface area contributed by atoms with Crippen LogP contribution in [0.4, 0.5) is 5.69 Å². The van der Waals surface area contributed by atoms with Crippen molar-refractivity contribution in [1.29, 1.82) is 0 Å². The molecule has 0 aliphatic carbocycles. The number of terminal acetylenes is 1. The molecule has 2 heteroatoms. The molecule has 19 heavy (non-hydrogen) atoms. The first kappa shape index (κ1) is 15.6. The van der Waals surface area contributed by atoms with Crippen LogP contribution >= 0.6 is 0 Å². The summed E-state index contributed by atoms with van der Waals surface area (Å²) < 4.78 is 0. The van der Waals surface area contributed by atoms with Crippen molar-refractivity contribution in [3.8, 4) is 12.3 Å². The van der Waals surface area contributed by atoms with Gasteiger partial charge >= 0.3 is 0 Å². The van der Waals surface area contributed by atoms with Gasteiger partial charge in [-0.15, -0.1) is 6.42 Å². The molecule has 104 valence electrons. The summed E-state index contributed by atoms with van der Waals surface area (Å²) in [6.07, 6.45) is 7.65. The first-order chi connectivity index (χ1) is 9.24. The minimum absolute atomic E-state index is 0.187. The van der Waals surface area contributed by atoms with Crippen LogP contribution in [0.2, 0.25) is 0 Å². The molecule has 0 heterocycles. The minimum Gasteiger partial charge on any atom is -0.372 e. The molecule has 0 radical (unpaired) electrons. The molecule has 0 aromatic heterocycles. The number of rotatable bonds is 8. The molecular weight excluding hydrogens is 232 g/mol. The molecule has 2 nitrogen and oxygen atoms in total. The van der Waals surface area contributed by atoms with Crippen LogP contribution in [-0.2, 0) is 6.54 Å². The lowest BCUT2D eigenvalue weighted by Crippen LogP contribution is -2.26. The average Bonchev–Trinajstić information content (AvgIpc) is 2.46. The first-order valence-corrected chi connectivity index (χ1v) is 7.28. The fraction of sp³-hybridized carbons (Fsp3) is 0.529. The third kappa shape index (κ3) is 4.96. The van der Waals surface area contributed by atoms with Crippen molar-refractivity contribution in [3.63, 3.8) is 0 Å². The predicted octanol–water partition coefficient (Wildman–Crippen LogP) is 3.42. The van der Waals surface area contributed by atoms with E-state index in [2.05, 4.69) is 61.2 Å².